The molecule has 0 aliphatic carbocycles. The minimum Gasteiger partial charge on any atom is -0.345 e. The van der Waals surface area contributed by atoms with Crippen LogP contribution in [-0.2, 0) is 0 Å². The van der Waals surface area contributed by atoms with Crippen molar-refractivity contribution in [3.8, 4) is 5.13 Å². The van der Waals surface area contributed by atoms with Gasteiger partial charge in [-0.15, -0.1) is 36.2 Å². The monoisotopic (exact) mass is 392 g/mol. The molecule has 0 aliphatic rings. The van der Waals surface area contributed by atoms with Crippen LogP contribution in [0.5, 0.6) is 0 Å². The smallest absolute Gasteiger partial charge is 0.253 e. The molecule has 1 atom stereocenters. The number of aryl methyl sites for hydroxylation is 1. The maximum absolute atomic E-state index is 12.7. The first-order chi connectivity index (χ1) is 10.3. The molecule has 136 valence electrons. The highest BCUT2D eigenvalue weighted by Crippen LogP contribution is 2.23. The Labute approximate surface area is 159 Å². The molecular formula is C16H26Cl2N4OS. The van der Waals surface area contributed by atoms with E-state index in [0.29, 0.717) is 12.1 Å². The van der Waals surface area contributed by atoms with Crippen molar-refractivity contribution in [2.45, 2.75) is 40.2 Å². The standard InChI is InChI=1S/C16H24N4OS.2ClH/c1-10(2)16(5,9-17)19-14(21)13-8-11(3)20(12(13)4)15-18-6-7-22-15;;/h6-8,10H,9,17H2,1-5H3,(H,19,21);2*1H. The van der Waals surface area contributed by atoms with Gasteiger partial charge in [-0.2, -0.15) is 0 Å². The van der Waals surface area contributed by atoms with Gasteiger partial charge in [0.1, 0.15) is 0 Å². The molecule has 0 fully saturated rings. The third-order valence-electron chi connectivity index (χ3n) is 4.38. The Morgan fingerprint density at radius 1 is 1.42 bits per heavy atom. The summed E-state index contributed by atoms with van der Waals surface area (Å²) in [5, 5.41) is 5.89. The number of carbonyl (C=O) groups is 1. The number of nitrogens with two attached hydrogens (primary N) is 1. The van der Waals surface area contributed by atoms with Crippen molar-refractivity contribution < 1.29 is 4.79 Å². The molecular weight excluding hydrogens is 367 g/mol. The fraction of sp³-hybridized carbons (Fsp3) is 0.500. The zero-order valence-electron chi connectivity index (χ0n) is 14.6. The molecule has 2 aromatic rings. The first-order valence-electron chi connectivity index (χ1n) is 7.41. The summed E-state index contributed by atoms with van der Waals surface area (Å²) in [5.74, 6) is 0.168. The van der Waals surface area contributed by atoms with Crippen LogP contribution >= 0.6 is 36.2 Å². The number of thiazole rings is 1. The van der Waals surface area contributed by atoms with Gasteiger partial charge in [0.05, 0.1) is 11.1 Å². The molecule has 3 N–H and O–H groups in total. The Morgan fingerprint density at radius 3 is 2.50 bits per heavy atom. The van der Waals surface area contributed by atoms with Crippen LogP contribution in [0.25, 0.3) is 5.13 Å². The minimum atomic E-state index is -0.416. The largest absolute Gasteiger partial charge is 0.345 e. The van der Waals surface area contributed by atoms with Gasteiger partial charge in [-0.3, -0.25) is 9.36 Å². The van der Waals surface area contributed by atoms with Crippen molar-refractivity contribution in [3.05, 3.63) is 34.6 Å². The fourth-order valence-corrected chi connectivity index (χ4v) is 3.12. The van der Waals surface area contributed by atoms with Crippen molar-refractivity contribution in [3.63, 3.8) is 0 Å². The zero-order chi connectivity index (χ0) is 16.5. The number of aromatic nitrogens is 2. The lowest BCUT2D eigenvalue weighted by atomic mass is 9.88. The van der Waals surface area contributed by atoms with E-state index in [1.165, 1.54) is 0 Å². The topological polar surface area (TPSA) is 72.9 Å². The van der Waals surface area contributed by atoms with Crippen LogP contribution in [0.3, 0.4) is 0 Å². The van der Waals surface area contributed by atoms with Gasteiger partial charge in [0, 0.05) is 29.5 Å². The van der Waals surface area contributed by atoms with Gasteiger partial charge in [-0.05, 0) is 32.8 Å². The summed E-state index contributed by atoms with van der Waals surface area (Å²) < 4.78 is 2.01. The molecule has 24 heavy (non-hydrogen) atoms. The first kappa shape index (κ1) is 22.9. The lowest BCUT2D eigenvalue weighted by Crippen LogP contribution is -2.55. The second-order valence-electron chi connectivity index (χ2n) is 6.17. The van der Waals surface area contributed by atoms with Crippen LogP contribution in [0.4, 0.5) is 0 Å². The summed E-state index contributed by atoms with van der Waals surface area (Å²) >= 11 is 1.55. The van der Waals surface area contributed by atoms with E-state index in [0.717, 1.165) is 16.5 Å². The predicted molar refractivity (Wildman–Crippen MR) is 105 cm³/mol. The van der Waals surface area contributed by atoms with Crippen LogP contribution in [0.1, 0.15) is 42.5 Å². The molecule has 0 bridgehead atoms. The van der Waals surface area contributed by atoms with E-state index in [4.69, 9.17) is 5.73 Å². The summed E-state index contributed by atoms with van der Waals surface area (Å²) in [6.07, 6.45) is 1.77. The van der Waals surface area contributed by atoms with E-state index in [1.54, 1.807) is 17.5 Å². The van der Waals surface area contributed by atoms with Gasteiger partial charge in [0.25, 0.3) is 5.91 Å². The highest BCUT2D eigenvalue weighted by molar-refractivity contribution is 7.12. The number of amides is 1. The van der Waals surface area contributed by atoms with Crippen LogP contribution in [-0.4, -0.2) is 27.5 Å². The molecule has 0 aromatic carbocycles. The third-order valence-corrected chi connectivity index (χ3v) is 5.14. The lowest BCUT2D eigenvalue weighted by molar-refractivity contribution is 0.0882. The number of nitrogens with one attached hydrogen (secondary N) is 1. The lowest BCUT2D eigenvalue weighted by Gasteiger charge is -2.33. The molecule has 0 aliphatic heterocycles. The predicted octanol–water partition coefficient (Wildman–Crippen LogP) is 3.50. The third kappa shape index (κ3) is 4.30. The Morgan fingerprint density at radius 2 is 2.04 bits per heavy atom. The summed E-state index contributed by atoms with van der Waals surface area (Å²) in [6.45, 7) is 10.4. The normalized spacial score (nSPS) is 13.0. The molecule has 2 heterocycles. The van der Waals surface area contributed by atoms with Gasteiger partial charge >= 0.3 is 0 Å². The first-order valence-corrected chi connectivity index (χ1v) is 8.29. The molecule has 1 unspecified atom stereocenters. The molecule has 8 heteroatoms. The van der Waals surface area contributed by atoms with E-state index in [2.05, 4.69) is 24.1 Å². The molecule has 5 nitrogen and oxygen atoms in total. The van der Waals surface area contributed by atoms with Gasteiger partial charge < -0.3 is 11.1 Å². The molecule has 1 amide bonds. The van der Waals surface area contributed by atoms with Crippen molar-refractivity contribution in [1.29, 1.82) is 0 Å². The number of nitrogens with zero attached hydrogens (tertiary/aromatic N) is 2. The van der Waals surface area contributed by atoms with E-state index >= 15 is 0 Å². The second kappa shape index (κ2) is 8.85. The number of carbonyl (C=O) groups excluding carboxylic acids is 1. The fourth-order valence-electron chi connectivity index (χ4n) is 2.37. The van der Waals surface area contributed by atoms with E-state index in [-0.39, 0.29) is 36.6 Å². The maximum atomic E-state index is 12.7. The quantitative estimate of drug-likeness (QED) is 0.817. The van der Waals surface area contributed by atoms with Gasteiger partial charge in [-0.1, -0.05) is 13.8 Å². The van der Waals surface area contributed by atoms with Gasteiger partial charge in [0.15, 0.2) is 5.13 Å². The molecule has 0 radical (unpaired) electrons. The molecule has 0 spiro atoms. The minimum absolute atomic E-state index is 0. The Balaban J connectivity index is 0.00000264. The number of hydrogen-bond acceptors (Lipinski definition) is 4. The van der Waals surface area contributed by atoms with E-state index in [1.807, 2.05) is 36.8 Å². The average molecular weight is 393 g/mol. The van der Waals surface area contributed by atoms with Crippen LogP contribution in [0.15, 0.2) is 17.6 Å². The highest BCUT2D eigenvalue weighted by atomic mass is 35.5. The van der Waals surface area contributed by atoms with Gasteiger partial charge in [-0.25, -0.2) is 4.98 Å². The Hall–Kier alpha value is -1.08. The average Bonchev–Trinajstić information content (AvgIpc) is 3.06. The van der Waals surface area contributed by atoms with Gasteiger partial charge in [0.2, 0.25) is 0 Å². The summed E-state index contributed by atoms with van der Waals surface area (Å²) in [5.41, 5.74) is 8.01. The van der Waals surface area contributed by atoms with Crippen molar-refractivity contribution in [1.82, 2.24) is 14.9 Å². The van der Waals surface area contributed by atoms with Crippen molar-refractivity contribution in [2.75, 3.05) is 6.54 Å². The van der Waals surface area contributed by atoms with Crippen molar-refractivity contribution in [2.24, 2.45) is 11.7 Å². The molecule has 0 saturated heterocycles. The SMILES string of the molecule is Cc1cc(C(=O)NC(C)(CN)C(C)C)c(C)n1-c1nccs1.Cl.Cl. The summed E-state index contributed by atoms with van der Waals surface area (Å²) in [7, 11) is 0. The Bertz CT molecular complexity index is 670. The number of rotatable bonds is 5. The van der Waals surface area contributed by atoms with E-state index < -0.39 is 5.54 Å². The molecule has 2 aromatic heterocycles. The second-order valence-corrected chi connectivity index (χ2v) is 7.04. The number of hydrogen-bond donors (Lipinski definition) is 2. The van der Waals surface area contributed by atoms with Crippen LogP contribution in [0, 0.1) is 19.8 Å². The Kier molecular flexibility index (Phi) is 8.45. The van der Waals surface area contributed by atoms with Crippen LogP contribution < -0.4 is 11.1 Å². The number of halogens is 2. The highest BCUT2D eigenvalue weighted by Gasteiger charge is 2.30. The maximum Gasteiger partial charge on any atom is 0.253 e. The molecule has 0 saturated carbocycles. The van der Waals surface area contributed by atoms with Crippen LogP contribution in [0.2, 0.25) is 0 Å². The summed E-state index contributed by atoms with van der Waals surface area (Å²) in [6, 6.07) is 1.91. The molecule has 2 rings (SSSR count). The summed E-state index contributed by atoms with van der Waals surface area (Å²) in [4.78, 5) is 17.0. The van der Waals surface area contributed by atoms with Crippen molar-refractivity contribution >= 4 is 42.1 Å². The van der Waals surface area contributed by atoms with E-state index in [9.17, 15) is 4.79 Å². The zero-order valence-corrected chi connectivity index (χ0v) is 17.1.